The molecule has 1 atom stereocenters. The van der Waals surface area contributed by atoms with Gasteiger partial charge in [-0.15, -0.1) is 0 Å². The maximum Gasteiger partial charge on any atom is 0.306 e. The molecule has 1 unspecified atom stereocenters. The van der Waals surface area contributed by atoms with Crippen LogP contribution in [0.1, 0.15) is 12.8 Å². The van der Waals surface area contributed by atoms with Crippen molar-refractivity contribution in [3.05, 3.63) is 30.5 Å². The van der Waals surface area contributed by atoms with Crippen LogP contribution in [0.5, 0.6) is 5.75 Å². The van der Waals surface area contributed by atoms with Gasteiger partial charge in [0, 0.05) is 58.4 Å². The second-order valence-electron chi connectivity index (χ2n) is 9.33. The molecule has 2 aromatic heterocycles. The number of amides is 1. The van der Waals surface area contributed by atoms with Gasteiger partial charge in [-0.05, 0) is 24.3 Å². The van der Waals surface area contributed by atoms with Crippen molar-refractivity contribution in [1.29, 1.82) is 0 Å². The van der Waals surface area contributed by atoms with Gasteiger partial charge in [-0.1, -0.05) is 0 Å². The van der Waals surface area contributed by atoms with E-state index in [4.69, 9.17) is 19.9 Å². The summed E-state index contributed by atoms with van der Waals surface area (Å²) in [7, 11) is 1.66. The van der Waals surface area contributed by atoms with Gasteiger partial charge in [0.25, 0.3) is 5.91 Å². The molecular formula is C25H33N9O5. The number of nitrogens with two attached hydrogens (primary N) is 1. The second kappa shape index (κ2) is 12.1. The van der Waals surface area contributed by atoms with E-state index >= 15 is 0 Å². The highest BCUT2D eigenvalue weighted by Crippen LogP contribution is 2.23. The molecule has 14 nitrogen and oxygen atoms in total. The van der Waals surface area contributed by atoms with Crippen LogP contribution in [-0.2, 0) is 25.6 Å². The van der Waals surface area contributed by atoms with E-state index in [-0.39, 0.29) is 18.3 Å². The van der Waals surface area contributed by atoms with Gasteiger partial charge in [0.2, 0.25) is 5.95 Å². The molecule has 0 bridgehead atoms. The van der Waals surface area contributed by atoms with Crippen molar-refractivity contribution in [1.82, 2.24) is 30.1 Å². The van der Waals surface area contributed by atoms with Crippen LogP contribution >= 0.6 is 0 Å². The number of hydrogen-bond acceptors (Lipinski definition) is 12. The predicted molar refractivity (Wildman–Crippen MR) is 143 cm³/mol. The van der Waals surface area contributed by atoms with Crippen molar-refractivity contribution in [2.45, 2.75) is 25.5 Å². The fourth-order valence-corrected chi connectivity index (χ4v) is 4.60. The number of rotatable bonds is 11. The molecule has 0 radical (unpaired) electrons. The molecule has 39 heavy (non-hydrogen) atoms. The molecular weight excluding hydrogens is 506 g/mol. The highest BCUT2D eigenvalue weighted by Gasteiger charge is 2.30. The number of anilines is 3. The molecule has 4 N–H and O–H groups in total. The molecule has 4 heterocycles. The number of piperazine rings is 1. The first-order valence-electron chi connectivity index (χ1n) is 12.9. The molecule has 2 fully saturated rings. The molecule has 2 aliphatic rings. The third-order valence-electron chi connectivity index (χ3n) is 6.75. The molecule has 0 saturated carbocycles. The van der Waals surface area contributed by atoms with Crippen LogP contribution in [-0.4, -0.2) is 95.7 Å². The molecule has 0 spiro atoms. The lowest BCUT2D eigenvalue weighted by molar-refractivity contribution is -0.147. The topological polar surface area (TPSA) is 162 Å². The standard InChI is InChI=1S/C25H33N9O5/c1-37-14-15-38-18-4-2-17(3-5-18)33-11-8-32(9-12-33)10-13-34-23-19(16-27-34)22(28-25(26)29-23)30-31-24(36)20-6-7-21(35)39-20/h2-5,16,20H,6-15H2,1H3,(H,31,36)(H3,26,28,29,30). The summed E-state index contributed by atoms with van der Waals surface area (Å²) in [5.74, 6) is 0.376. The van der Waals surface area contributed by atoms with Crippen LogP contribution in [0.4, 0.5) is 17.5 Å². The average Bonchev–Trinajstić information content (AvgIpc) is 3.57. The molecule has 2 saturated heterocycles. The summed E-state index contributed by atoms with van der Waals surface area (Å²) in [6.45, 7) is 6.21. The van der Waals surface area contributed by atoms with Gasteiger partial charge in [-0.25, -0.2) is 4.68 Å². The van der Waals surface area contributed by atoms with Crippen molar-refractivity contribution < 1.29 is 23.8 Å². The number of esters is 1. The van der Waals surface area contributed by atoms with E-state index in [0.717, 1.165) is 38.5 Å². The first kappa shape index (κ1) is 26.4. The van der Waals surface area contributed by atoms with Gasteiger partial charge in [0.1, 0.15) is 12.4 Å². The van der Waals surface area contributed by atoms with Crippen LogP contribution < -0.4 is 26.2 Å². The molecule has 208 valence electrons. The van der Waals surface area contributed by atoms with Crippen LogP contribution in [0.25, 0.3) is 11.0 Å². The SMILES string of the molecule is COCCOc1ccc(N2CCN(CCn3ncc4c(NNC(=O)C5CCC(=O)O5)nc(N)nc43)CC2)cc1. The number of nitrogens with zero attached hydrogens (tertiary/aromatic N) is 6. The number of cyclic esters (lactones) is 1. The minimum absolute atomic E-state index is 0.0528. The summed E-state index contributed by atoms with van der Waals surface area (Å²) < 4.78 is 17.4. The normalized spacial score (nSPS) is 17.8. The first-order chi connectivity index (χ1) is 19.0. The molecule has 2 aliphatic heterocycles. The van der Waals surface area contributed by atoms with E-state index in [1.165, 1.54) is 5.69 Å². The molecule has 1 aromatic carbocycles. The van der Waals surface area contributed by atoms with E-state index < -0.39 is 12.0 Å². The van der Waals surface area contributed by atoms with Crippen molar-refractivity contribution in [2.75, 3.05) is 69.1 Å². The van der Waals surface area contributed by atoms with E-state index in [9.17, 15) is 9.59 Å². The molecule has 1 amide bonds. The Morgan fingerprint density at radius 1 is 1.13 bits per heavy atom. The minimum Gasteiger partial charge on any atom is -0.491 e. The zero-order chi connectivity index (χ0) is 27.2. The van der Waals surface area contributed by atoms with E-state index in [1.54, 1.807) is 18.0 Å². The summed E-state index contributed by atoms with van der Waals surface area (Å²) in [6, 6.07) is 8.16. The number of hydrogen-bond donors (Lipinski definition) is 3. The van der Waals surface area contributed by atoms with Crippen molar-refractivity contribution in [3.8, 4) is 5.75 Å². The van der Waals surface area contributed by atoms with Gasteiger partial charge in [0.05, 0.1) is 24.7 Å². The number of hydrazine groups is 1. The minimum atomic E-state index is -0.817. The molecule has 5 rings (SSSR count). The maximum absolute atomic E-state index is 12.3. The Kier molecular flexibility index (Phi) is 8.22. The Morgan fingerprint density at radius 2 is 1.92 bits per heavy atom. The highest BCUT2D eigenvalue weighted by atomic mass is 16.6. The van der Waals surface area contributed by atoms with Gasteiger partial charge in [-0.3, -0.25) is 25.3 Å². The summed E-state index contributed by atoms with van der Waals surface area (Å²) in [6.07, 6.45) is 1.39. The third kappa shape index (κ3) is 6.46. The largest absolute Gasteiger partial charge is 0.491 e. The number of benzene rings is 1. The molecule has 3 aromatic rings. The lowest BCUT2D eigenvalue weighted by Gasteiger charge is -2.36. The Bertz CT molecular complexity index is 1290. The molecule has 0 aliphatic carbocycles. The van der Waals surface area contributed by atoms with Gasteiger partial charge in [0.15, 0.2) is 17.6 Å². The summed E-state index contributed by atoms with van der Waals surface area (Å²) in [4.78, 5) is 36.9. The zero-order valence-electron chi connectivity index (χ0n) is 21.8. The van der Waals surface area contributed by atoms with E-state index in [2.05, 4.69) is 47.9 Å². The van der Waals surface area contributed by atoms with Gasteiger partial charge in [-0.2, -0.15) is 15.1 Å². The monoisotopic (exact) mass is 539 g/mol. The number of nitrogens with one attached hydrogen (secondary N) is 2. The summed E-state index contributed by atoms with van der Waals surface area (Å²) in [5.41, 5.74) is 13.0. The lowest BCUT2D eigenvalue weighted by atomic mass is 10.2. The number of ether oxygens (including phenoxy) is 3. The van der Waals surface area contributed by atoms with Crippen molar-refractivity contribution >= 4 is 40.4 Å². The highest BCUT2D eigenvalue weighted by molar-refractivity contribution is 5.90. The quantitative estimate of drug-likeness (QED) is 0.175. The lowest BCUT2D eigenvalue weighted by Crippen LogP contribution is -2.47. The number of nitrogen functional groups attached to an aromatic ring is 1. The maximum atomic E-state index is 12.3. The van der Waals surface area contributed by atoms with Crippen molar-refractivity contribution in [2.24, 2.45) is 0 Å². The van der Waals surface area contributed by atoms with E-state index in [0.29, 0.717) is 43.0 Å². The van der Waals surface area contributed by atoms with Gasteiger partial charge >= 0.3 is 5.97 Å². The Morgan fingerprint density at radius 3 is 2.64 bits per heavy atom. The first-order valence-corrected chi connectivity index (χ1v) is 12.9. The Labute approximate surface area is 225 Å². The fourth-order valence-electron chi connectivity index (χ4n) is 4.60. The number of fused-ring (bicyclic) bond motifs is 1. The van der Waals surface area contributed by atoms with E-state index in [1.807, 2.05) is 12.1 Å². The number of carbonyl (C=O) groups excluding carboxylic acids is 2. The van der Waals surface area contributed by atoms with Crippen LogP contribution in [0.15, 0.2) is 30.5 Å². The molecule has 14 heteroatoms. The Balaban J connectivity index is 1.13. The van der Waals surface area contributed by atoms with Crippen LogP contribution in [0.2, 0.25) is 0 Å². The summed E-state index contributed by atoms with van der Waals surface area (Å²) in [5, 5.41) is 5.09. The predicted octanol–water partition coefficient (Wildman–Crippen LogP) is 0.405. The second-order valence-corrected chi connectivity index (χ2v) is 9.33. The summed E-state index contributed by atoms with van der Waals surface area (Å²) >= 11 is 0. The van der Waals surface area contributed by atoms with Gasteiger partial charge < -0.3 is 24.8 Å². The number of aromatic nitrogens is 4. The van der Waals surface area contributed by atoms with Crippen LogP contribution in [0, 0.1) is 0 Å². The van der Waals surface area contributed by atoms with Crippen LogP contribution in [0.3, 0.4) is 0 Å². The Hall–Kier alpha value is -4.17. The third-order valence-corrected chi connectivity index (χ3v) is 6.75. The average molecular weight is 540 g/mol. The number of carbonyl (C=O) groups is 2. The number of methoxy groups -OCH3 is 1. The van der Waals surface area contributed by atoms with Crippen molar-refractivity contribution in [3.63, 3.8) is 0 Å². The fraction of sp³-hybridized carbons (Fsp3) is 0.480. The zero-order valence-corrected chi connectivity index (χ0v) is 21.8. The smallest absolute Gasteiger partial charge is 0.306 e.